The summed E-state index contributed by atoms with van der Waals surface area (Å²) in [6, 6.07) is 17.7. The Morgan fingerprint density at radius 3 is 2.85 bits per heavy atom. The van der Waals surface area contributed by atoms with Gasteiger partial charge in [-0.15, -0.1) is 11.8 Å². The number of carbonyl (C=O) groups is 2. The van der Waals surface area contributed by atoms with Crippen LogP contribution in [0.1, 0.15) is 24.0 Å². The largest absolute Gasteiger partial charge is 0.352 e. The molecule has 2 amide bonds. The maximum atomic E-state index is 12.9. The third-order valence-corrected chi connectivity index (χ3v) is 7.91. The van der Waals surface area contributed by atoms with E-state index in [-0.39, 0.29) is 35.3 Å². The monoisotopic (exact) mass is 482 g/mol. The zero-order valence-electron chi connectivity index (χ0n) is 18.2. The molecular formula is C25H27ClN4O2S. The van der Waals surface area contributed by atoms with E-state index in [1.54, 1.807) is 11.8 Å². The molecule has 0 aliphatic carbocycles. The quantitative estimate of drug-likeness (QED) is 0.610. The second-order valence-corrected chi connectivity index (χ2v) is 10.2. The Kier molecular flexibility index (Phi) is 6.74. The summed E-state index contributed by atoms with van der Waals surface area (Å²) in [4.78, 5) is 28.0. The van der Waals surface area contributed by atoms with Gasteiger partial charge in [-0.3, -0.25) is 19.8 Å². The van der Waals surface area contributed by atoms with Gasteiger partial charge in [-0.05, 0) is 47.1 Å². The van der Waals surface area contributed by atoms with Crippen molar-refractivity contribution in [3.8, 4) is 0 Å². The Balaban J connectivity index is 1.22. The number of piperidine rings is 1. The number of hydrogen-bond donors (Lipinski definition) is 3. The standard InChI is InChI=1S/C25H27ClN4O2S/c26-19-10-4-6-16(12-19)13-27-23(31)18-9-5-11-30(14-18)25-28-21-20(17-7-2-1-3-8-17)15-33-22(21)24(32)29-25/h1-4,6-8,10,12,15,18,21-22,25,28H,5,9,11,13-14H2,(H,27,31)(H,29,32). The van der Waals surface area contributed by atoms with Crippen LogP contribution < -0.4 is 16.0 Å². The lowest BCUT2D eigenvalue weighted by Gasteiger charge is -2.43. The van der Waals surface area contributed by atoms with Crippen molar-refractivity contribution in [3.05, 3.63) is 76.2 Å². The van der Waals surface area contributed by atoms with Gasteiger partial charge in [0.2, 0.25) is 11.8 Å². The average Bonchev–Trinajstić information content (AvgIpc) is 3.28. The van der Waals surface area contributed by atoms with E-state index in [4.69, 9.17) is 11.6 Å². The van der Waals surface area contributed by atoms with Crippen LogP contribution in [0.5, 0.6) is 0 Å². The molecule has 0 saturated carbocycles. The topological polar surface area (TPSA) is 73.5 Å². The molecule has 0 aromatic heterocycles. The molecule has 2 saturated heterocycles. The van der Waals surface area contributed by atoms with Gasteiger partial charge in [0.25, 0.3) is 0 Å². The van der Waals surface area contributed by atoms with Crippen LogP contribution in [-0.2, 0) is 16.1 Å². The molecule has 2 aromatic rings. The number of halogens is 1. The van der Waals surface area contributed by atoms with Crippen LogP contribution in [0.4, 0.5) is 0 Å². The van der Waals surface area contributed by atoms with Crippen molar-refractivity contribution >= 4 is 40.8 Å². The highest BCUT2D eigenvalue weighted by Crippen LogP contribution is 2.38. The smallest absolute Gasteiger partial charge is 0.237 e. The van der Waals surface area contributed by atoms with Gasteiger partial charge in [-0.25, -0.2) is 0 Å². The number of hydrogen-bond acceptors (Lipinski definition) is 5. The SMILES string of the molecule is O=C(NCc1cccc(Cl)c1)C1CCCN(C2NC(=O)C3SC=C(c4ccccc4)C3N2)C1. The van der Waals surface area contributed by atoms with Crippen LogP contribution in [0.25, 0.3) is 5.57 Å². The third kappa shape index (κ3) is 4.96. The van der Waals surface area contributed by atoms with E-state index in [0.29, 0.717) is 18.1 Å². The molecule has 4 atom stereocenters. The summed E-state index contributed by atoms with van der Waals surface area (Å²) >= 11 is 7.62. The fourth-order valence-corrected chi connectivity index (χ4v) is 6.15. The van der Waals surface area contributed by atoms with E-state index < -0.39 is 0 Å². The molecule has 0 spiro atoms. The first-order valence-electron chi connectivity index (χ1n) is 11.3. The summed E-state index contributed by atoms with van der Waals surface area (Å²) in [6.07, 6.45) is 1.47. The molecule has 4 unspecified atom stereocenters. The van der Waals surface area contributed by atoms with E-state index in [2.05, 4.69) is 38.4 Å². The number of nitrogens with one attached hydrogen (secondary N) is 3. The lowest BCUT2D eigenvalue weighted by molar-refractivity contribution is -0.129. The van der Waals surface area contributed by atoms with Gasteiger partial charge in [0.1, 0.15) is 11.5 Å². The predicted octanol–water partition coefficient (Wildman–Crippen LogP) is 3.20. The molecule has 6 nitrogen and oxygen atoms in total. The summed E-state index contributed by atoms with van der Waals surface area (Å²) in [7, 11) is 0. The van der Waals surface area contributed by atoms with E-state index in [1.807, 2.05) is 42.5 Å². The molecule has 8 heteroatoms. The Bertz CT molecular complexity index is 1060. The van der Waals surface area contributed by atoms with Crippen LogP contribution in [-0.4, -0.2) is 47.4 Å². The summed E-state index contributed by atoms with van der Waals surface area (Å²) in [5.41, 5.74) is 3.27. The van der Waals surface area contributed by atoms with Crippen molar-refractivity contribution in [3.63, 3.8) is 0 Å². The molecule has 3 N–H and O–H groups in total. The number of nitrogens with zero attached hydrogens (tertiary/aromatic N) is 1. The van der Waals surface area contributed by atoms with Crippen molar-refractivity contribution < 1.29 is 9.59 Å². The van der Waals surface area contributed by atoms with E-state index in [9.17, 15) is 9.59 Å². The lowest BCUT2D eigenvalue weighted by atomic mass is 9.94. The van der Waals surface area contributed by atoms with Gasteiger partial charge in [0.15, 0.2) is 0 Å². The minimum Gasteiger partial charge on any atom is -0.352 e. The molecule has 3 aliphatic rings. The molecule has 2 fully saturated rings. The van der Waals surface area contributed by atoms with Crippen molar-refractivity contribution in [2.45, 2.75) is 37.0 Å². The summed E-state index contributed by atoms with van der Waals surface area (Å²) in [5, 5.41) is 12.4. The second-order valence-electron chi connectivity index (χ2n) is 8.73. The minimum atomic E-state index is -0.284. The maximum absolute atomic E-state index is 12.9. The van der Waals surface area contributed by atoms with Crippen LogP contribution in [0.2, 0.25) is 5.02 Å². The molecule has 172 valence electrons. The van der Waals surface area contributed by atoms with Crippen molar-refractivity contribution in [2.75, 3.05) is 13.1 Å². The maximum Gasteiger partial charge on any atom is 0.237 e. The summed E-state index contributed by atoms with van der Waals surface area (Å²) in [6.45, 7) is 1.90. The number of carbonyl (C=O) groups excluding carboxylic acids is 2. The molecule has 0 bridgehead atoms. The molecule has 3 aliphatic heterocycles. The Morgan fingerprint density at radius 1 is 1.18 bits per heavy atom. The summed E-state index contributed by atoms with van der Waals surface area (Å²) in [5.74, 6) is -0.0270. The summed E-state index contributed by atoms with van der Waals surface area (Å²) < 4.78 is 0. The Hall–Kier alpha value is -2.32. The highest BCUT2D eigenvalue weighted by Gasteiger charge is 2.44. The van der Waals surface area contributed by atoms with E-state index >= 15 is 0 Å². The number of amides is 2. The average molecular weight is 483 g/mol. The van der Waals surface area contributed by atoms with Gasteiger partial charge in [0.05, 0.1) is 12.0 Å². The zero-order chi connectivity index (χ0) is 22.8. The Morgan fingerprint density at radius 2 is 2.03 bits per heavy atom. The van der Waals surface area contributed by atoms with Crippen LogP contribution >= 0.6 is 23.4 Å². The van der Waals surface area contributed by atoms with Gasteiger partial charge in [0, 0.05) is 24.7 Å². The molecule has 2 aromatic carbocycles. The predicted molar refractivity (Wildman–Crippen MR) is 132 cm³/mol. The van der Waals surface area contributed by atoms with E-state index in [1.165, 1.54) is 0 Å². The first-order valence-corrected chi connectivity index (χ1v) is 12.6. The first kappa shape index (κ1) is 22.5. The number of rotatable bonds is 5. The highest BCUT2D eigenvalue weighted by molar-refractivity contribution is 8.04. The third-order valence-electron chi connectivity index (χ3n) is 6.51. The number of benzene rings is 2. The van der Waals surface area contributed by atoms with Crippen LogP contribution in [0, 0.1) is 5.92 Å². The molecule has 33 heavy (non-hydrogen) atoms. The fourth-order valence-electron chi connectivity index (χ4n) is 4.79. The van der Waals surface area contributed by atoms with Gasteiger partial charge >= 0.3 is 0 Å². The van der Waals surface area contributed by atoms with E-state index in [0.717, 1.165) is 36.1 Å². The number of likely N-dealkylation sites (tertiary alicyclic amines) is 1. The second kappa shape index (κ2) is 9.89. The highest BCUT2D eigenvalue weighted by atomic mass is 35.5. The van der Waals surface area contributed by atoms with Crippen molar-refractivity contribution in [2.24, 2.45) is 5.92 Å². The van der Waals surface area contributed by atoms with Gasteiger partial charge < -0.3 is 10.6 Å². The molecule has 5 rings (SSSR count). The minimum absolute atomic E-state index is 0.0426. The zero-order valence-corrected chi connectivity index (χ0v) is 19.7. The van der Waals surface area contributed by atoms with Crippen molar-refractivity contribution in [1.29, 1.82) is 0 Å². The van der Waals surface area contributed by atoms with Gasteiger partial charge in [-0.2, -0.15) is 0 Å². The lowest BCUT2D eigenvalue weighted by Crippen LogP contribution is -2.69. The van der Waals surface area contributed by atoms with Crippen LogP contribution in [0.3, 0.4) is 0 Å². The van der Waals surface area contributed by atoms with Gasteiger partial charge in [-0.1, -0.05) is 54.1 Å². The normalized spacial score (nSPS) is 27.4. The molecular weight excluding hydrogens is 456 g/mol. The molecule has 3 heterocycles. The number of fused-ring (bicyclic) bond motifs is 1. The number of thioether (sulfide) groups is 1. The fraction of sp³-hybridized carbons (Fsp3) is 0.360. The molecule has 0 radical (unpaired) electrons. The van der Waals surface area contributed by atoms with Crippen LogP contribution in [0.15, 0.2) is 60.0 Å². The Labute approximate surface area is 203 Å². The first-order chi connectivity index (χ1) is 16.1. The van der Waals surface area contributed by atoms with Crippen molar-refractivity contribution in [1.82, 2.24) is 20.9 Å².